The fraction of sp³-hybridized carbons (Fsp3) is 0.115. The van der Waals surface area contributed by atoms with Gasteiger partial charge in [0.15, 0.2) is 0 Å². The molecule has 3 aromatic carbocycles. The van der Waals surface area contributed by atoms with Crippen molar-refractivity contribution in [2.45, 2.75) is 6.61 Å². The number of halogens is 2. The molecule has 0 fully saturated rings. The number of rotatable bonds is 8. The molecule has 0 aliphatic carbocycles. The molecule has 1 heterocycles. The van der Waals surface area contributed by atoms with E-state index >= 15 is 0 Å². The van der Waals surface area contributed by atoms with Crippen molar-refractivity contribution in [3.8, 4) is 17.0 Å². The highest BCUT2D eigenvalue weighted by Gasteiger charge is 2.11. The molecule has 0 atom stereocenters. The summed E-state index contributed by atoms with van der Waals surface area (Å²) in [6.45, 7) is 0.421. The summed E-state index contributed by atoms with van der Waals surface area (Å²) in [7, 11) is 3.96. The van der Waals surface area contributed by atoms with E-state index in [1.807, 2.05) is 91.8 Å². The van der Waals surface area contributed by atoms with E-state index in [-0.39, 0.29) is 18.3 Å². The minimum Gasteiger partial charge on any atom is -0.489 e. The second-order valence-electron chi connectivity index (χ2n) is 7.79. The largest absolute Gasteiger partial charge is 0.489 e. The normalized spacial score (nSPS) is 10.6. The van der Waals surface area contributed by atoms with Crippen LogP contribution in [0.1, 0.15) is 21.6 Å². The molecule has 2 N–H and O–H groups in total. The minimum absolute atomic E-state index is 0. The Balaban J connectivity index is 0.00000342. The topological polar surface area (TPSA) is 82.6 Å². The van der Waals surface area contributed by atoms with Crippen LogP contribution in [0.15, 0.2) is 84.0 Å². The molecule has 7 nitrogen and oxygen atoms in total. The fourth-order valence-corrected chi connectivity index (χ4v) is 3.29. The zero-order valence-corrected chi connectivity index (χ0v) is 20.8. The first-order valence-electron chi connectivity index (χ1n) is 10.6. The summed E-state index contributed by atoms with van der Waals surface area (Å²) in [6.07, 6.45) is 1.59. The van der Waals surface area contributed by atoms with Gasteiger partial charge in [-0.2, -0.15) is 10.2 Å². The Bertz CT molecular complexity index is 1290. The van der Waals surface area contributed by atoms with Crippen molar-refractivity contribution < 1.29 is 9.53 Å². The number of benzene rings is 3. The molecule has 1 aromatic heterocycles. The van der Waals surface area contributed by atoms with Gasteiger partial charge in [-0.25, -0.2) is 5.43 Å². The fourth-order valence-electron chi connectivity index (χ4n) is 3.16. The molecular formula is C26H25Cl2N5O2. The molecule has 0 unspecified atom stereocenters. The molecule has 9 heteroatoms. The zero-order chi connectivity index (χ0) is 23.9. The molecule has 0 aliphatic heterocycles. The molecule has 0 saturated carbocycles. The van der Waals surface area contributed by atoms with Gasteiger partial charge >= 0.3 is 0 Å². The van der Waals surface area contributed by atoms with Crippen molar-refractivity contribution in [3.63, 3.8) is 0 Å². The molecule has 35 heavy (non-hydrogen) atoms. The number of amides is 1. The predicted molar refractivity (Wildman–Crippen MR) is 143 cm³/mol. The number of aromatic nitrogens is 2. The Hall–Kier alpha value is -3.81. The number of hydrazone groups is 1. The SMILES string of the molecule is CN(C)c1ccc(/C=N/NC(=O)c2cc(-c3cccc(OCc4ccc(Cl)cc4)c3)n[nH]2)cc1.Cl. The van der Waals surface area contributed by atoms with Gasteiger partial charge < -0.3 is 9.64 Å². The average molecular weight is 510 g/mol. The Labute approximate surface area is 215 Å². The van der Waals surface area contributed by atoms with E-state index in [1.54, 1.807) is 12.3 Å². The minimum atomic E-state index is -0.380. The lowest BCUT2D eigenvalue weighted by atomic mass is 10.1. The van der Waals surface area contributed by atoms with Gasteiger partial charge in [-0.1, -0.05) is 48.0 Å². The maximum atomic E-state index is 12.4. The Kier molecular flexibility index (Phi) is 8.89. The van der Waals surface area contributed by atoms with Crippen LogP contribution in [-0.4, -0.2) is 36.4 Å². The van der Waals surface area contributed by atoms with Crippen molar-refractivity contribution in [3.05, 3.63) is 101 Å². The van der Waals surface area contributed by atoms with E-state index in [9.17, 15) is 4.79 Å². The van der Waals surface area contributed by atoms with Crippen LogP contribution < -0.4 is 15.1 Å². The van der Waals surface area contributed by atoms with Crippen molar-refractivity contribution in [1.29, 1.82) is 0 Å². The standard InChI is InChI=1S/C26H24ClN5O2.ClH/c1-32(2)22-12-8-18(9-13-22)16-28-31-26(33)25-15-24(29-30-25)20-4-3-5-23(14-20)34-17-19-6-10-21(27)11-7-19;/h3-16H,17H2,1-2H3,(H,29,30)(H,31,33);1H/b28-16+;. The summed E-state index contributed by atoms with van der Waals surface area (Å²) in [4.78, 5) is 14.5. The number of aromatic amines is 1. The summed E-state index contributed by atoms with van der Waals surface area (Å²) in [6, 6.07) is 24.6. The van der Waals surface area contributed by atoms with Crippen LogP contribution in [0.2, 0.25) is 5.02 Å². The number of hydrogen-bond acceptors (Lipinski definition) is 5. The lowest BCUT2D eigenvalue weighted by Crippen LogP contribution is -2.18. The summed E-state index contributed by atoms with van der Waals surface area (Å²) < 4.78 is 5.88. The number of nitrogens with zero attached hydrogens (tertiary/aromatic N) is 3. The van der Waals surface area contributed by atoms with E-state index in [1.165, 1.54) is 0 Å². The third-order valence-corrected chi connectivity index (χ3v) is 5.31. The highest BCUT2D eigenvalue weighted by molar-refractivity contribution is 6.30. The van der Waals surface area contributed by atoms with Crippen LogP contribution in [0.5, 0.6) is 5.75 Å². The van der Waals surface area contributed by atoms with Gasteiger partial charge in [0.25, 0.3) is 5.91 Å². The van der Waals surface area contributed by atoms with Crippen LogP contribution >= 0.6 is 24.0 Å². The molecule has 4 aromatic rings. The molecule has 1 amide bonds. The first-order valence-corrected chi connectivity index (χ1v) is 11.0. The number of nitrogens with one attached hydrogen (secondary N) is 2. The molecule has 180 valence electrons. The smallest absolute Gasteiger partial charge is 0.289 e. The van der Waals surface area contributed by atoms with E-state index in [0.29, 0.717) is 28.8 Å². The average Bonchev–Trinajstić information content (AvgIpc) is 3.35. The molecule has 0 saturated heterocycles. The first kappa shape index (κ1) is 25.8. The summed E-state index contributed by atoms with van der Waals surface area (Å²) >= 11 is 5.92. The van der Waals surface area contributed by atoms with Crippen molar-refractivity contribution in [1.82, 2.24) is 15.6 Å². The predicted octanol–water partition coefficient (Wildman–Crippen LogP) is 5.56. The molecule has 4 rings (SSSR count). The molecule has 0 aliphatic rings. The summed E-state index contributed by atoms with van der Waals surface area (Å²) in [5.41, 5.74) is 7.27. The molecule has 0 radical (unpaired) electrons. The van der Waals surface area contributed by atoms with Crippen LogP contribution in [0, 0.1) is 0 Å². The van der Waals surface area contributed by atoms with Gasteiger partial charge in [0, 0.05) is 30.4 Å². The highest BCUT2D eigenvalue weighted by atomic mass is 35.5. The maximum absolute atomic E-state index is 12.4. The quantitative estimate of drug-likeness (QED) is 0.240. The Morgan fingerprint density at radius 2 is 1.83 bits per heavy atom. The number of carbonyl (C=O) groups excluding carboxylic acids is 1. The Morgan fingerprint density at radius 3 is 2.54 bits per heavy atom. The zero-order valence-electron chi connectivity index (χ0n) is 19.2. The second-order valence-corrected chi connectivity index (χ2v) is 8.23. The third-order valence-electron chi connectivity index (χ3n) is 5.06. The van der Waals surface area contributed by atoms with Crippen molar-refractivity contribution in [2.75, 3.05) is 19.0 Å². The number of hydrogen-bond donors (Lipinski definition) is 2. The van der Waals surface area contributed by atoms with E-state index < -0.39 is 0 Å². The van der Waals surface area contributed by atoms with Gasteiger partial charge in [-0.15, -0.1) is 12.4 Å². The summed E-state index contributed by atoms with van der Waals surface area (Å²) in [5, 5.41) is 11.7. The maximum Gasteiger partial charge on any atom is 0.289 e. The van der Waals surface area contributed by atoms with E-state index in [0.717, 1.165) is 22.4 Å². The number of ether oxygens (including phenoxy) is 1. The van der Waals surface area contributed by atoms with Gasteiger partial charge in [0.1, 0.15) is 18.1 Å². The lowest BCUT2D eigenvalue weighted by Gasteiger charge is -2.11. The van der Waals surface area contributed by atoms with Crippen LogP contribution in [0.3, 0.4) is 0 Å². The van der Waals surface area contributed by atoms with Crippen LogP contribution in [0.25, 0.3) is 11.3 Å². The van der Waals surface area contributed by atoms with Gasteiger partial charge in [-0.3, -0.25) is 9.89 Å². The molecular weight excluding hydrogens is 485 g/mol. The van der Waals surface area contributed by atoms with Gasteiger partial charge in [-0.05, 0) is 53.6 Å². The number of carbonyl (C=O) groups is 1. The number of H-pyrrole nitrogens is 1. The third kappa shape index (κ3) is 7.09. The van der Waals surface area contributed by atoms with Crippen molar-refractivity contribution >= 4 is 41.8 Å². The molecule has 0 spiro atoms. The highest BCUT2D eigenvalue weighted by Crippen LogP contribution is 2.24. The summed E-state index contributed by atoms with van der Waals surface area (Å²) in [5.74, 6) is 0.321. The second kappa shape index (κ2) is 12.1. The monoisotopic (exact) mass is 509 g/mol. The molecule has 0 bridgehead atoms. The van der Waals surface area contributed by atoms with Gasteiger partial charge in [0.2, 0.25) is 0 Å². The van der Waals surface area contributed by atoms with Crippen molar-refractivity contribution in [2.24, 2.45) is 5.10 Å². The first-order chi connectivity index (χ1) is 16.5. The van der Waals surface area contributed by atoms with Gasteiger partial charge in [0.05, 0.1) is 11.9 Å². The van der Waals surface area contributed by atoms with Crippen LogP contribution in [-0.2, 0) is 6.61 Å². The van der Waals surface area contributed by atoms with E-state index in [4.69, 9.17) is 16.3 Å². The Morgan fingerprint density at radius 1 is 1.09 bits per heavy atom. The lowest BCUT2D eigenvalue weighted by molar-refractivity contribution is 0.0950. The van der Waals surface area contributed by atoms with Crippen LogP contribution in [0.4, 0.5) is 5.69 Å². The van der Waals surface area contributed by atoms with E-state index in [2.05, 4.69) is 20.7 Å². The number of anilines is 1.